The van der Waals surface area contributed by atoms with Gasteiger partial charge in [-0.05, 0) is 55.5 Å². The van der Waals surface area contributed by atoms with Crippen LogP contribution in [0, 0.1) is 0 Å². The Labute approximate surface area is 242 Å². The summed E-state index contributed by atoms with van der Waals surface area (Å²) in [6, 6.07) is 22.0. The monoisotopic (exact) mass is 633 g/mol. The molecule has 0 aliphatic rings. The molecule has 0 radical (unpaired) electrons. The molecular formula is C25H28Cl3N3O6P2. The zero-order valence-corrected chi connectivity index (χ0v) is 25.0. The number of rotatable bonds is 14. The average molecular weight is 635 g/mol. The molecule has 2 N–H and O–H groups in total. The Morgan fingerprint density at radius 3 is 1.72 bits per heavy atom. The van der Waals surface area contributed by atoms with Gasteiger partial charge in [0.15, 0.2) is 5.78 Å². The van der Waals surface area contributed by atoms with Gasteiger partial charge in [-0.25, -0.2) is 23.7 Å². The maximum Gasteiger partial charge on any atom is 0.452 e. The van der Waals surface area contributed by atoms with Crippen LogP contribution < -0.4 is 24.0 Å². The molecule has 0 aliphatic heterocycles. The number of alkyl halides is 2. The number of amides is 2. The van der Waals surface area contributed by atoms with Gasteiger partial charge < -0.3 is 18.9 Å². The number of nitrogens with one attached hydrogen (secondary N) is 2. The second-order valence-electron chi connectivity index (χ2n) is 8.01. The highest BCUT2D eigenvalue weighted by atomic mass is 35.5. The van der Waals surface area contributed by atoms with Gasteiger partial charge in [-0.1, -0.05) is 48.0 Å². The van der Waals surface area contributed by atoms with E-state index < -0.39 is 27.1 Å². The van der Waals surface area contributed by atoms with E-state index in [0.29, 0.717) is 5.02 Å². The molecule has 0 bridgehead atoms. The number of nitrogens with zero attached hydrogens (tertiary/aromatic N) is 1. The van der Waals surface area contributed by atoms with Crippen molar-refractivity contribution in [1.82, 2.24) is 15.1 Å². The highest BCUT2D eigenvalue weighted by Crippen LogP contribution is 2.52. The summed E-state index contributed by atoms with van der Waals surface area (Å²) in [6.45, 7) is 1.65. The van der Waals surface area contributed by atoms with E-state index in [2.05, 4.69) is 10.4 Å². The smallest absolute Gasteiger partial charge is 0.418 e. The molecule has 0 fully saturated rings. The summed E-state index contributed by atoms with van der Waals surface area (Å²) in [6.07, 6.45) is 0. The van der Waals surface area contributed by atoms with E-state index in [1.165, 1.54) is 23.7 Å². The van der Waals surface area contributed by atoms with Crippen LogP contribution in [0.15, 0.2) is 84.9 Å². The molecule has 14 heteroatoms. The lowest BCUT2D eigenvalue weighted by Gasteiger charge is -2.31. The van der Waals surface area contributed by atoms with Gasteiger partial charge in [0.25, 0.3) is 0 Å². The Balaban J connectivity index is 1.84. The molecule has 2 amide bonds. The summed E-state index contributed by atoms with van der Waals surface area (Å²) in [5.74, 6) is -0.256. The molecule has 0 aliphatic carbocycles. The van der Waals surface area contributed by atoms with E-state index in [9.17, 15) is 13.9 Å². The molecule has 39 heavy (non-hydrogen) atoms. The predicted molar refractivity (Wildman–Crippen MR) is 156 cm³/mol. The van der Waals surface area contributed by atoms with E-state index in [4.69, 9.17) is 48.4 Å². The molecule has 3 aromatic rings. The summed E-state index contributed by atoms with van der Waals surface area (Å²) in [5.41, 5.74) is 0. The molecule has 9 nitrogen and oxygen atoms in total. The fourth-order valence-electron chi connectivity index (χ4n) is 3.22. The van der Waals surface area contributed by atoms with Crippen LogP contribution >= 0.6 is 50.1 Å². The summed E-state index contributed by atoms with van der Waals surface area (Å²) < 4.78 is 46.6. The Morgan fingerprint density at radius 2 is 1.26 bits per heavy atom. The minimum atomic E-state index is -4.11. The second kappa shape index (κ2) is 14.8. The lowest BCUT2D eigenvalue weighted by atomic mass is 10.3. The van der Waals surface area contributed by atoms with Crippen LogP contribution in [-0.4, -0.2) is 41.3 Å². The predicted octanol–water partition coefficient (Wildman–Crippen LogP) is 7.60. The van der Waals surface area contributed by atoms with Crippen LogP contribution in [0.1, 0.15) is 6.92 Å². The van der Waals surface area contributed by atoms with Gasteiger partial charge in [0.2, 0.25) is 0 Å². The number of carbonyl (C=O) groups excluding carboxylic acids is 1. The molecule has 3 rings (SSSR count). The van der Waals surface area contributed by atoms with E-state index in [0.717, 1.165) is 0 Å². The highest BCUT2D eigenvalue weighted by Gasteiger charge is 2.40. The van der Waals surface area contributed by atoms with Crippen LogP contribution in [0.5, 0.6) is 17.2 Å². The molecule has 0 aromatic heterocycles. The van der Waals surface area contributed by atoms with Crippen LogP contribution in [0.3, 0.4) is 0 Å². The van der Waals surface area contributed by atoms with E-state index in [1.54, 1.807) is 72.8 Å². The topological polar surface area (TPSA) is 106 Å². The van der Waals surface area contributed by atoms with Crippen molar-refractivity contribution >= 4 is 56.1 Å². The number of hydrogen-bond acceptors (Lipinski definition) is 6. The molecule has 3 aromatic carbocycles. The van der Waals surface area contributed by atoms with Gasteiger partial charge in [0.1, 0.15) is 17.2 Å². The Bertz CT molecular complexity index is 1240. The minimum absolute atomic E-state index is 0.0928. The highest BCUT2D eigenvalue weighted by molar-refractivity contribution is 7.56. The third-order valence-electron chi connectivity index (χ3n) is 5.11. The quantitative estimate of drug-likeness (QED) is 0.139. The first-order chi connectivity index (χ1) is 18.7. The van der Waals surface area contributed by atoms with Gasteiger partial charge in [-0.15, -0.1) is 23.2 Å². The SMILES string of the molecule is CC(NC(=O)NP(=O)(Oc1ccc(Cl)cc1)N(CCCl)CCCl)P(=O)(Oc1ccccc1)Oc1ccccc1. The van der Waals surface area contributed by atoms with Crippen LogP contribution in [0.25, 0.3) is 0 Å². The number of urea groups is 1. The van der Waals surface area contributed by atoms with Crippen LogP contribution in [0.2, 0.25) is 5.02 Å². The lowest BCUT2D eigenvalue weighted by molar-refractivity contribution is 0.240. The van der Waals surface area contributed by atoms with E-state index in [-0.39, 0.29) is 42.1 Å². The minimum Gasteiger partial charge on any atom is -0.418 e. The lowest BCUT2D eigenvalue weighted by Crippen LogP contribution is -2.44. The third-order valence-corrected chi connectivity index (χ3v) is 9.80. The molecular weight excluding hydrogens is 607 g/mol. The molecule has 0 heterocycles. The maximum atomic E-state index is 14.0. The fourth-order valence-corrected chi connectivity index (χ4v) is 7.21. The van der Waals surface area contributed by atoms with Crippen molar-refractivity contribution in [1.29, 1.82) is 0 Å². The largest absolute Gasteiger partial charge is 0.452 e. The molecule has 0 saturated heterocycles. The van der Waals surface area contributed by atoms with Gasteiger partial charge in [-0.3, -0.25) is 0 Å². The van der Waals surface area contributed by atoms with Crippen molar-refractivity contribution in [3.8, 4) is 17.2 Å². The van der Waals surface area contributed by atoms with Gasteiger partial charge >= 0.3 is 21.3 Å². The van der Waals surface area contributed by atoms with Gasteiger partial charge in [0, 0.05) is 29.9 Å². The summed E-state index contributed by atoms with van der Waals surface area (Å²) in [7, 11) is -8.18. The summed E-state index contributed by atoms with van der Waals surface area (Å²) in [4.78, 5) is 13.2. The Morgan fingerprint density at radius 1 is 0.795 bits per heavy atom. The van der Waals surface area contributed by atoms with Crippen molar-refractivity contribution in [2.75, 3.05) is 24.8 Å². The van der Waals surface area contributed by atoms with Crippen molar-refractivity contribution < 1.29 is 27.5 Å². The maximum absolute atomic E-state index is 14.0. The summed E-state index contributed by atoms with van der Waals surface area (Å²) in [5, 5.41) is 5.35. The number of hydrogen-bond donors (Lipinski definition) is 2. The zero-order chi connectivity index (χ0) is 28.3. The number of carbonyl (C=O) groups is 1. The molecule has 0 spiro atoms. The third kappa shape index (κ3) is 9.35. The van der Waals surface area contributed by atoms with Crippen molar-refractivity contribution in [3.63, 3.8) is 0 Å². The molecule has 0 saturated carbocycles. The van der Waals surface area contributed by atoms with Crippen molar-refractivity contribution in [2.24, 2.45) is 0 Å². The van der Waals surface area contributed by atoms with Crippen molar-refractivity contribution in [3.05, 3.63) is 90.0 Å². The average Bonchev–Trinajstić information content (AvgIpc) is 2.91. The first-order valence-electron chi connectivity index (χ1n) is 11.8. The molecule has 2 unspecified atom stereocenters. The Kier molecular flexibility index (Phi) is 11.9. The van der Waals surface area contributed by atoms with E-state index in [1.807, 2.05) is 0 Å². The Hall–Kier alpha value is -2.38. The molecule has 2 atom stereocenters. The van der Waals surface area contributed by atoms with Gasteiger partial charge in [0.05, 0.1) is 0 Å². The van der Waals surface area contributed by atoms with Crippen LogP contribution in [0.4, 0.5) is 4.79 Å². The second-order valence-corrected chi connectivity index (χ2v) is 13.4. The van der Waals surface area contributed by atoms with Gasteiger partial charge in [-0.2, -0.15) is 0 Å². The number of benzene rings is 3. The molecule has 210 valence electrons. The first-order valence-corrected chi connectivity index (χ1v) is 16.4. The fraction of sp³-hybridized carbons (Fsp3) is 0.240. The first kappa shape index (κ1) is 31.2. The number of halogens is 3. The normalized spacial score (nSPS) is 13.7. The van der Waals surface area contributed by atoms with E-state index >= 15 is 0 Å². The zero-order valence-electron chi connectivity index (χ0n) is 20.9. The van der Waals surface area contributed by atoms with Crippen LogP contribution in [-0.2, 0) is 9.13 Å². The summed E-state index contributed by atoms with van der Waals surface area (Å²) >= 11 is 17.8. The standard InChI is InChI=1S/C25H28Cl3N3O6P2/c1-20(38(33,35-22-8-4-2-5-9-22)36-23-10-6-3-7-11-23)29-25(32)30-39(34,31(18-16-26)19-17-27)37-24-14-12-21(28)13-15-24/h2-15,20H,16-19H2,1H3,(H2,29,30,32,34). The van der Waals surface area contributed by atoms with Crippen molar-refractivity contribution in [2.45, 2.75) is 12.7 Å². The number of para-hydroxylation sites is 2.